The van der Waals surface area contributed by atoms with Crippen LogP contribution in [0.15, 0.2) is 29.3 Å². The van der Waals surface area contributed by atoms with E-state index in [1.165, 1.54) is 29.2 Å². The molecule has 2 rings (SSSR count). The second kappa shape index (κ2) is 6.04. The van der Waals surface area contributed by atoms with Crippen LogP contribution in [0.4, 0.5) is 10.1 Å². The van der Waals surface area contributed by atoms with Gasteiger partial charge in [0.05, 0.1) is 12.1 Å². The van der Waals surface area contributed by atoms with Gasteiger partial charge in [0.1, 0.15) is 11.1 Å². The van der Waals surface area contributed by atoms with Crippen molar-refractivity contribution in [1.29, 1.82) is 0 Å². The van der Waals surface area contributed by atoms with Crippen molar-refractivity contribution in [1.82, 2.24) is 4.90 Å². The summed E-state index contributed by atoms with van der Waals surface area (Å²) < 4.78 is 12.8. The topological polar surface area (TPSA) is 70.0 Å². The zero-order valence-electron chi connectivity index (χ0n) is 10.7. The Labute approximate surface area is 119 Å². The monoisotopic (exact) mass is 296 g/mol. The van der Waals surface area contributed by atoms with Gasteiger partial charge in [0, 0.05) is 6.54 Å². The minimum atomic E-state index is -1.02. The number of carboxylic acids is 1. The first-order valence-electron chi connectivity index (χ1n) is 6.05. The molecule has 5 nitrogen and oxygen atoms in total. The number of nitrogens with zero attached hydrogens (tertiary/aromatic N) is 2. The Morgan fingerprint density at radius 1 is 1.45 bits per heavy atom. The van der Waals surface area contributed by atoms with Crippen LogP contribution >= 0.6 is 11.8 Å². The number of hydrogen-bond donors (Lipinski definition) is 1. The van der Waals surface area contributed by atoms with Crippen LogP contribution in [0.25, 0.3) is 0 Å². The first-order valence-corrected chi connectivity index (χ1v) is 6.93. The first-order chi connectivity index (χ1) is 9.51. The lowest BCUT2D eigenvalue weighted by Crippen LogP contribution is -2.32. The maximum atomic E-state index is 12.8. The Morgan fingerprint density at radius 3 is 2.65 bits per heavy atom. The van der Waals surface area contributed by atoms with Crippen molar-refractivity contribution in [2.75, 3.05) is 6.54 Å². The molecule has 0 radical (unpaired) electrons. The Bertz CT molecular complexity index is 559. The summed E-state index contributed by atoms with van der Waals surface area (Å²) in [7, 11) is 0. The van der Waals surface area contributed by atoms with Gasteiger partial charge in [-0.2, -0.15) is 0 Å². The van der Waals surface area contributed by atoms with Crippen molar-refractivity contribution in [2.45, 2.75) is 18.6 Å². The number of aliphatic imine (C=N–C) groups is 1. The van der Waals surface area contributed by atoms with Gasteiger partial charge in [0.15, 0.2) is 5.17 Å². The molecular weight excluding hydrogens is 283 g/mol. The Hall–Kier alpha value is -1.89. The normalized spacial score (nSPS) is 20.7. The number of hydrogen-bond acceptors (Lipinski definition) is 4. The number of aliphatic carboxylic acids is 1. The second-order valence-corrected chi connectivity index (χ2v) is 5.33. The molecule has 0 bridgehead atoms. The van der Waals surface area contributed by atoms with Crippen molar-refractivity contribution in [3.63, 3.8) is 0 Å². The number of halogens is 1. The van der Waals surface area contributed by atoms with Crippen LogP contribution < -0.4 is 0 Å². The molecular formula is C13H13FN2O3S. The fourth-order valence-corrected chi connectivity index (χ4v) is 3.01. The average Bonchev–Trinajstić information content (AvgIpc) is 2.67. The molecule has 1 aliphatic heterocycles. The number of benzene rings is 1. The predicted octanol–water partition coefficient (Wildman–Crippen LogP) is 2.25. The average molecular weight is 296 g/mol. The maximum absolute atomic E-state index is 12.8. The van der Waals surface area contributed by atoms with Crippen molar-refractivity contribution >= 4 is 34.5 Å². The summed E-state index contributed by atoms with van der Waals surface area (Å²) in [5.74, 6) is -1.63. The minimum Gasteiger partial charge on any atom is -0.481 e. The molecule has 7 heteroatoms. The van der Waals surface area contributed by atoms with E-state index in [4.69, 9.17) is 5.11 Å². The highest BCUT2D eigenvalue weighted by atomic mass is 32.2. The van der Waals surface area contributed by atoms with Crippen molar-refractivity contribution in [3.8, 4) is 0 Å². The fourth-order valence-electron chi connectivity index (χ4n) is 1.80. The van der Waals surface area contributed by atoms with Gasteiger partial charge in [-0.15, -0.1) is 0 Å². The van der Waals surface area contributed by atoms with Gasteiger partial charge in [-0.1, -0.05) is 11.8 Å². The van der Waals surface area contributed by atoms with E-state index >= 15 is 0 Å². The largest absolute Gasteiger partial charge is 0.481 e. The van der Waals surface area contributed by atoms with E-state index < -0.39 is 11.2 Å². The summed E-state index contributed by atoms with van der Waals surface area (Å²) in [6.07, 6.45) is -0.234. The molecule has 1 amide bonds. The van der Waals surface area contributed by atoms with Crippen LogP contribution in [0, 0.1) is 5.82 Å². The zero-order valence-corrected chi connectivity index (χ0v) is 11.6. The predicted molar refractivity (Wildman–Crippen MR) is 74.5 cm³/mol. The van der Waals surface area contributed by atoms with E-state index in [1.54, 1.807) is 6.92 Å². The van der Waals surface area contributed by atoms with Gasteiger partial charge < -0.3 is 5.11 Å². The number of rotatable bonds is 4. The van der Waals surface area contributed by atoms with E-state index in [2.05, 4.69) is 4.99 Å². The Kier molecular flexibility index (Phi) is 4.39. The Balaban J connectivity index is 2.24. The molecule has 1 unspecified atom stereocenters. The van der Waals surface area contributed by atoms with Gasteiger partial charge in [0.25, 0.3) is 0 Å². The van der Waals surface area contributed by atoms with Gasteiger partial charge in [0.2, 0.25) is 5.91 Å². The molecule has 1 N–H and O–H groups in total. The van der Waals surface area contributed by atoms with Gasteiger partial charge in [-0.25, -0.2) is 9.38 Å². The molecule has 1 aromatic rings. The van der Waals surface area contributed by atoms with E-state index in [0.29, 0.717) is 17.4 Å². The van der Waals surface area contributed by atoms with Crippen LogP contribution in [0.5, 0.6) is 0 Å². The molecule has 20 heavy (non-hydrogen) atoms. The summed E-state index contributed by atoms with van der Waals surface area (Å²) in [5, 5.41) is 8.60. The van der Waals surface area contributed by atoms with Crippen LogP contribution in [0.1, 0.15) is 13.3 Å². The van der Waals surface area contributed by atoms with Crippen LogP contribution in [0.3, 0.4) is 0 Å². The molecule has 0 saturated carbocycles. The summed E-state index contributed by atoms with van der Waals surface area (Å²) in [6.45, 7) is 2.21. The Morgan fingerprint density at radius 2 is 2.10 bits per heavy atom. The number of carboxylic acid groups (broad SMARTS) is 1. The second-order valence-electron chi connectivity index (χ2n) is 4.16. The van der Waals surface area contributed by atoms with Gasteiger partial charge in [-0.05, 0) is 31.2 Å². The van der Waals surface area contributed by atoms with E-state index in [-0.39, 0.29) is 18.1 Å². The number of carbonyl (C=O) groups excluding carboxylic acids is 1. The van der Waals surface area contributed by atoms with Crippen molar-refractivity contribution < 1.29 is 19.1 Å². The summed E-state index contributed by atoms with van der Waals surface area (Å²) >= 11 is 1.13. The summed E-state index contributed by atoms with van der Waals surface area (Å²) in [4.78, 5) is 28.5. The van der Waals surface area contributed by atoms with E-state index in [1.807, 2.05) is 0 Å². The molecule has 0 aromatic heterocycles. The van der Waals surface area contributed by atoms with Gasteiger partial charge in [-0.3, -0.25) is 14.5 Å². The third-order valence-corrected chi connectivity index (χ3v) is 3.92. The lowest BCUT2D eigenvalue weighted by Gasteiger charge is -2.12. The number of amides is 1. The maximum Gasteiger partial charge on any atom is 0.305 e. The third-order valence-electron chi connectivity index (χ3n) is 2.75. The molecule has 0 spiro atoms. The molecule has 1 atom stereocenters. The number of amidine groups is 1. The summed E-state index contributed by atoms with van der Waals surface area (Å²) in [6, 6.07) is 5.58. The van der Waals surface area contributed by atoms with Crippen LogP contribution in [0.2, 0.25) is 0 Å². The molecule has 0 aliphatic carbocycles. The standard InChI is InChI=1S/C13H13FN2O3S/c1-2-16-12(19)10(7-11(17)18)20-13(16)15-9-5-3-8(14)4-6-9/h3-6,10H,2,7H2,1H3,(H,17,18). The van der Waals surface area contributed by atoms with Crippen LogP contribution in [-0.4, -0.2) is 38.8 Å². The number of carbonyl (C=O) groups is 2. The fraction of sp³-hybridized carbons (Fsp3) is 0.308. The minimum absolute atomic E-state index is 0.234. The number of thioether (sulfide) groups is 1. The molecule has 1 saturated heterocycles. The van der Waals surface area contributed by atoms with Crippen molar-refractivity contribution in [3.05, 3.63) is 30.1 Å². The molecule has 1 fully saturated rings. The lowest BCUT2D eigenvalue weighted by atomic mass is 10.3. The SMILES string of the molecule is CCN1C(=O)C(CC(=O)O)SC1=Nc1ccc(F)cc1. The molecule has 1 aromatic carbocycles. The smallest absolute Gasteiger partial charge is 0.305 e. The van der Waals surface area contributed by atoms with Crippen molar-refractivity contribution in [2.24, 2.45) is 4.99 Å². The molecule has 106 valence electrons. The molecule has 1 heterocycles. The van der Waals surface area contributed by atoms with E-state index in [9.17, 15) is 14.0 Å². The van der Waals surface area contributed by atoms with Gasteiger partial charge >= 0.3 is 5.97 Å². The highest BCUT2D eigenvalue weighted by molar-refractivity contribution is 8.15. The highest BCUT2D eigenvalue weighted by Crippen LogP contribution is 2.31. The lowest BCUT2D eigenvalue weighted by molar-refractivity contribution is -0.139. The molecule has 1 aliphatic rings. The summed E-state index contributed by atoms with van der Waals surface area (Å²) in [5.41, 5.74) is 0.524. The van der Waals surface area contributed by atoms with Crippen LogP contribution in [-0.2, 0) is 9.59 Å². The quantitative estimate of drug-likeness (QED) is 0.925. The third kappa shape index (κ3) is 3.16. The highest BCUT2D eigenvalue weighted by Gasteiger charge is 2.38. The first kappa shape index (κ1) is 14.5. The van der Waals surface area contributed by atoms with E-state index in [0.717, 1.165) is 11.8 Å². The zero-order chi connectivity index (χ0) is 14.7.